The zero-order valence-corrected chi connectivity index (χ0v) is 10.0. The highest BCUT2D eigenvalue weighted by Crippen LogP contribution is 2.16. The molecular formula is C12H17N3O2. The van der Waals surface area contributed by atoms with E-state index >= 15 is 0 Å². The topological polar surface area (TPSA) is 75.8 Å². The van der Waals surface area contributed by atoms with Gasteiger partial charge in [-0.2, -0.15) is 5.01 Å². The van der Waals surface area contributed by atoms with E-state index in [0.717, 1.165) is 5.01 Å². The van der Waals surface area contributed by atoms with Crippen molar-refractivity contribution in [2.45, 2.75) is 26.3 Å². The van der Waals surface area contributed by atoms with Gasteiger partial charge in [0.15, 0.2) is 0 Å². The molecule has 17 heavy (non-hydrogen) atoms. The van der Waals surface area contributed by atoms with E-state index in [9.17, 15) is 9.70 Å². The molecule has 0 fully saturated rings. The molecule has 1 atom stereocenters. The van der Waals surface area contributed by atoms with Crippen LogP contribution in [0.5, 0.6) is 0 Å². The van der Waals surface area contributed by atoms with E-state index in [0.29, 0.717) is 18.0 Å². The lowest BCUT2D eigenvalue weighted by molar-refractivity contribution is -0.120. The number of nitroso groups, excluding NO2 is 1. The van der Waals surface area contributed by atoms with E-state index in [2.05, 4.69) is 5.29 Å². The lowest BCUT2D eigenvalue weighted by Crippen LogP contribution is -2.41. The van der Waals surface area contributed by atoms with Crippen molar-refractivity contribution in [3.05, 3.63) is 35.2 Å². The molecule has 1 aromatic carbocycles. The van der Waals surface area contributed by atoms with Gasteiger partial charge in [0, 0.05) is 0 Å². The smallest absolute Gasteiger partial charge is 0.266 e. The monoisotopic (exact) mass is 235 g/mol. The number of para-hydroxylation sites is 1. The number of hydrogen-bond donors (Lipinski definition) is 1. The Morgan fingerprint density at radius 3 is 2.41 bits per heavy atom. The Morgan fingerprint density at radius 1 is 1.35 bits per heavy atom. The molecule has 0 unspecified atom stereocenters. The average molecular weight is 235 g/mol. The third-order valence-corrected chi connectivity index (χ3v) is 2.33. The number of rotatable bonds is 5. The molecule has 0 aliphatic carbocycles. The van der Waals surface area contributed by atoms with E-state index in [1.165, 1.54) is 0 Å². The molecule has 2 N–H and O–H groups in total. The maximum absolute atomic E-state index is 11.9. The Hall–Kier alpha value is -1.75. The van der Waals surface area contributed by atoms with E-state index in [1.807, 2.05) is 13.8 Å². The number of carbonyl (C=O) groups is 1. The maximum atomic E-state index is 11.9. The number of hydrogen-bond acceptors (Lipinski definition) is 4. The molecule has 1 aromatic rings. The predicted octanol–water partition coefficient (Wildman–Crippen LogP) is 2.07. The molecule has 0 aromatic heterocycles. The van der Waals surface area contributed by atoms with Crippen molar-refractivity contribution >= 4 is 11.6 Å². The second-order valence-corrected chi connectivity index (χ2v) is 4.30. The summed E-state index contributed by atoms with van der Waals surface area (Å²) in [6.45, 7) is 3.93. The third-order valence-electron chi connectivity index (χ3n) is 2.33. The number of nitrogens with two attached hydrogens (primary N) is 1. The van der Waals surface area contributed by atoms with Gasteiger partial charge >= 0.3 is 0 Å². The third kappa shape index (κ3) is 3.64. The molecule has 0 aliphatic heterocycles. The molecule has 92 valence electrons. The molecule has 0 saturated carbocycles. The molecule has 1 rings (SSSR count). The van der Waals surface area contributed by atoms with Crippen LogP contribution in [0.25, 0.3) is 0 Å². The van der Waals surface area contributed by atoms with Crippen molar-refractivity contribution in [2.75, 3.05) is 5.01 Å². The fraction of sp³-hybridized carbons (Fsp3) is 0.417. The highest BCUT2D eigenvalue weighted by molar-refractivity contribution is 5.96. The molecule has 1 amide bonds. The summed E-state index contributed by atoms with van der Waals surface area (Å²) in [6.07, 6.45) is 0.525. The fourth-order valence-electron chi connectivity index (χ4n) is 1.55. The van der Waals surface area contributed by atoms with Crippen LogP contribution >= 0.6 is 0 Å². The Kier molecular flexibility index (Phi) is 4.78. The van der Waals surface area contributed by atoms with Crippen molar-refractivity contribution in [3.8, 4) is 0 Å². The molecule has 0 bridgehead atoms. The lowest BCUT2D eigenvalue weighted by Gasteiger charge is -2.19. The summed E-state index contributed by atoms with van der Waals surface area (Å²) in [4.78, 5) is 22.7. The van der Waals surface area contributed by atoms with Gasteiger partial charge in [0.05, 0.1) is 17.0 Å². The van der Waals surface area contributed by atoms with Crippen LogP contribution < -0.4 is 10.7 Å². The molecule has 5 nitrogen and oxygen atoms in total. The van der Waals surface area contributed by atoms with Crippen molar-refractivity contribution in [3.63, 3.8) is 0 Å². The van der Waals surface area contributed by atoms with Crippen LogP contribution in [0.4, 0.5) is 5.69 Å². The summed E-state index contributed by atoms with van der Waals surface area (Å²) in [6, 6.07) is 7.84. The highest BCUT2D eigenvalue weighted by Gasteiger charge is 2.23. The van der Waals surface area contributed by atoms with Gasteiger partial charge in [0.25, 0.3) is 5.91 Å². The molecule has 5 heteroatoms. The zero-order chi connectivity index (χ0) is 12.8. The average Bonchev–Trinajstić information content (AvgIpc) is 2.30. The first-order chi connectivity index (χ1) is 8.06. The maximum Gasteiger partial charge on any atom is 0.266 e. The van der Waals surface area contributed by atoms with Crippen LogP contribution in [0.2, 0.25) is 0 Å². The largest absolute Gasteiger partial charge is 0.320 e. The minimum absolute atomic E-state index is 0.290. The molecule has 0 spiro atoms. The Balaban J connectivity index is 2.81. The van der Waals surface area contributed by atoms with Crippen LogP contribution in [0.15, 0.2) is 35.6 Å². The van der Waals surface area contributed by atoms with Gasteiger partial charge < -0.3 is 5.73 Å². The molecule has 0 saturated heterocycles. The Labute approximate surface area is 101 Å². The molecular weight excluding hydrogens is 218 g/mol. The SMILES string of the molecule is CC(C)C[C@H](N)C(=O)N(N=O)c1ccccc1. The van der Waals surface area contributed by atoms with E-state index < -0.39 is 11.9 Å². The van der Waals surface area contributed by atoms with Gasteiger partial charge in [-0.05, 0) is 24.5 Å². The summed E-state index contributed by atoms with van der Waals surface area (Å²) in [5, 5.41) is 3.55. The van der Waals surface area contributed by atoms with Crippen molar-refractivity contribution in [1.29, 1.82) is 0 Å². The number of amides is 1. The lowest BCUT2D eigenvalue weighted by atomic mass is 10.0. The van der Waals surface area contributed by atoms with Crippen LogP contribution in [0.1, 0.15) is 20.3 Å². The van der Waals surface area contributed by atoms with Crippen molar-refractivity contribution < 1.29 is 4.79 Å². The number of benzene rings is 1. The Morgan fingerprint density at radius 2 is 1.94 bits per heavy atom. The van der Waals surface area contributed by atoms with Gasteiger partial charge in [-0.15, -0.1) is 4.91 Å². The summed E-state index contributed by atoms with van der Waals surface area (Å²) >= 11 is 0. The number of anilines is 1. The summed E-state index contributed by atoms with van der Waals surface area (Å²) < 4.78 is 0. The van der Waals surface area contributed by atoms with Gasteiger partial charge in [0.2, 0.25) is 0 Å². The van der Waals surface area contributed by atoms with Crippen LogP contribution in [0, 0.1) is 10.8 Å². The van der Waals surface area contributed by atoms with Gasteiger partial charge in [-0.1, -0.05) is 32.0 Å². The zero-order valence-electron chi connectivity index (χ0n) is 10.0. The van der Waals surface area contributed by atoms with E-state index in [1.54, 1.807) is 30.3 Å². The molecule has 0 heterocycles. The summed E-state index contributed by atoms with van der Waals surface area (Å²) in [7, 11) is 0. The van der Waals surface area contributed by atoms with Crippen molar-refractivity contribution in [1.82, 2.24) is 0 Å². The van der Waals surface area contributed by atoms with E-state index in [4.69, 9.17) is 5.73 Å². The second kappa shape index (κ2) is 6.10. The summed E-state index contributed by atoms with van der Waals surface area (Å²) in [5.41, 5.74) is 6.18. The van der Waals surface area contributed by atoms with Gasteiger partial charge in [-0.25, -0.2) is 0 Å². The summed E-state index contributed by atoms with van der Waals surface area (Å²) in [5.74, 6) is -0.182. The Bertz CT molecular complexity index is 379. The van der Waals surface area contributed by atoms with Gasteiger partial charge in [0.1, 0.15) is 0 Å². The standard InChI is InChI=1S/C12H17N3O2/c1-9(2)8-11(13)12(16)15(14-17)10-6-4-3-5-7-10/h3-7,9,11H,8,13H2,1-2H3/t11-/m0/s1. The first kappa shape index (κ1) is 13.3. The number of nitrogens with zero attached hydrogens (tertiary/aromatic N) is 2. The molecule has 0 aliphatic rings. The quantitative estimate of drug-likeness (QED) is 0.627. The number of carbonyl (C=O) groups excluding carboxylic acids is 1. The first-order valence-corrected chi connectivity index (χ1v) is 5.54. The molecule has 0 radical (unpaired) electrons. The van der Waals surface area contributed by atoms with Crippen LogP contribution in [0.3, 0.4) is 0 Å². The predicted molar refractivity (Wildman–Crippen MR) is 67.2 cm³/mol. The first-order valence-electron chi connectivity index (χ1n) is 5.54. The van der Waals surface area contributed by atoms with Crippen LogP contribution in [-0.2, 0) is 4.79 Å². The highest BCUT2D eigenvalue weighted by atomic mass is 16.3. The normalized spacial score (nSPS) is 12.2. The minimum Gasteiger partial charge on any atom is -0.320 e. The van der Waals surface area contributed by atoms with Gasteiger partial charge in [-0.3, -0.25) is 4.79 Å². The second-order valence-electron chi connectivity index (χ2n) is 4.30. The van der Waals surface area contributed by atoms with Crippen LogP contribution in [-0.4, -0.2) is 11.9 Å². The van der Waals surface area contributed by atoms with E-state index in [-0.39, 0.29) is 0 Å². The van der Waals surface area contributed by atoms with Crippen molar-refractivity contribution in [2.24, 2.45) is 16.9 Å². The minimum atomic E-state index is -0.701. The fourth-order valence-corrected chi connectivity index (χ4v) is 1.55.